The van der Waals surface area contributed by atoms with Crippen molar-refractivity contribution in [3.8, 4) is 0 Å². The second-order valence-electron chi connectivity index (χ2n) is 11.0. The molecule has 3 aromatic carbocycles. The Bertz CT molecular complexity index is 1520. The van der Waals surface area contributed by atoms with Crippen LogP contribution in [0.1, 0.15) is 56.4 Å². The van der Waals surface area contributed by atoms with E-state index in [1.165, 1.54) is 12.1 Å². The van der Waals surface area contributed by atoms with E-state index in [1.807, 2.05) is 67.7 Å². The maximum Gasteiger partial charge on any atom is 0.337 e. The molecule has 43 heavy (non-hydrogen) atoms. The van der Waals surface area contributed by atoms with E-state index < -0.39 is 40.9 Å². The molecule has 3 atom stereocenters. The zero-order chi connectivity index (χ0) is 31.1. The molecule has 0 fully saturated rings. The first-order valence-corrected chi connectivity index (χ1v) is 14.2. The average molecular weight is 584 g/mol. The molecule has 0 bridgehead atoms. The lowest BCUT2D eigenvalue weighted by Crippen LogP contribution is -2.38. The molecule has 3 unspecified atom stereocenters. The lowest BCUT2D eigenvalue weighted by molar-refractivity contribution is -0.384. The van der Waals surface area contributed by atoms with Crippen molar-refractivity contribution in [2.24, 2.45) is 10.9 Å². The molecule has 224 valence electrons. The minimum Gasteiger partial charge on any atom is -0.462 e. The molecule has 1 aliphatic heterocycles. The summed E-state index contributed by atoms with van der Waals surface area (Å²) >= 11 is 0. The number of esters is 2. The maximum atomic E-state index is 14.2. The number of likely N-dealkylation sites (N-methyl/N-ethyl adjacent to an activating group) is 1. The first-order valence-electron chi connectivity index (χ1n) is 14.2. The highest BCUT2D eigenvalue weighted by atomic mass is 16.6. The number of ether oxygens (including phenoxy) is 2. The number of allylic oxidation sites excluding steroid dienone is 1. The summed E-state index contributed by atoms with van der Waals surface area (Å²) in [5, 5.41) is 11.7. The van der Waals surface area contributed by atoms with E-state index in [-0.39, 0.29) is 11.3 Å². The fourth-order valence-corrected chi connectivity index (χ4v) is 5.42. The molecule has 0 spiro atoms. The molecule has 4 rings (SSSR count). The monoisotopic (exact) mass is 583 g/mol. The predicted octanol–water partition coefficient (Wildman–Crippen LogP) is 6.41. The van der Waals surface area contributed by atoms with Gasteiger partial charge < -0.3 is 9.47 Å². The molecular formula is C34H37N3O6. The molecule has 0 N–H and O–H groups in total. The van der Waals surface area contributed by atoms with Crippen LogP contribution in [0.5, 0.6) is 0 Å². The summed E-state index contributed by atoms with van der Waals surface area (Å²) in [4.78, 5) is 45.4. The Morgan fingerprint density at radius 3 is 2.23 bits per heavy atom. The Hall–Kier alpha value is -4.63. The van der Waals surface area contributed by atoms with Crippen LogP contribution in [-0.2, 0) is 25.6 Å². The van der Waals surface area contributed by atoms with Crippen LogP contribution in [0.25, 0.3) is 0 Å². The normalized spacial score (nSPS) is 17.4. The highest BCUT2D eigenvalue weighted by molar-refractivity contribution is 6.07. The quantitative estimate of drug-likeness (QED) is 0.146. The molecule has 9 nitrogen and oxygen atoms in total. The molecule has 0 aliphatic carbocycles. The number of nitro benzene ring substituents is 1. The van der Waals surface area contributed by atoms with Crippen molar-refractivity contribution in [1.82, 2.24) is 4.90 Å². The second kappa shape index (κ2) is 14.0. The number of hydrogen-bond acceptors (Lipinski definition) is 8. The van der Waals surface area contributed by atoms with Gasteiger partial charge in [-0.1, -0.05) is 72.8 Å². The third kappa shape index (κ3) is 7.81. The summed E-state index contributed by atoms with van der Waals surface area (Å²) in [5.74, 6) is -3.07. The first kappa shape index (κ1) is 31.3. The van der Waals surface area contributed by atoms with Gasteiger partial charge in [-0.25, -0.2) is 4.79 Å². The molecule has 0 aromatic heterocycles. The molecule has 3 aromatic rings. The number of aliphatic imine (C=N–C) groups is 1. The maximum absolute atomic E-state index is 14.2. The van der Waals surface area contributed by atoms with Crippen molar-refractivity contribution in [2.75, 3.05) is 13.6 Å². The van der Waals surface area contributed by atoms with Crippen LogP contribution in [0, 0.1) is 16.0 Å². The fraction of sp³-hybridized carbons (Fsp3) is 0.324. The molecular weight excluding hydrogens is 546 g/mol. The lowest BCUT2D eigenvalue weighted by atomic mass is 9.75. The summed E-state index contributed by atoms with van der Waals surface area (Å²) < 4.78 is 11.8. The Morgan fingerprint density at radius 1 is 0.953 bits per heavy atom. The van der Waals surface area contributed by atoms with Crippen LogP contribution in [0.15, 0.2) is 101 Å². The van der Waals surface area contributed by atoms with Crippen LogP contribution in [0.4, 0.5) is 5.69 Å². The van der Waals surface area contributed by atoms with E-state index in [0.717, 1.165) is 11.1 Å². The van der Waals surface area contributed by atoms with Gasteiger partial charge in [-0.15, -0.1) is 0 Å². The summed E-state index contributed by atoms with van der Waals surface area (Å²) in [7, 11) is 1.96. The number of benzene rings is 3. The smallest absolute Gasteiger partial charge is 0.337 e. The lowest BCUT2D eigenvalue weighted by Gasteiger charge is -2.33. The van der Waals surface area contributed by atoms with Gasteiger partial charge in [0.2, 0.25) is 0 Å². The summed E-state index contributed by atoms with van der Waals surface area (Å²) in [6.45, 7) is 7.91. The van der Waals surface area contributed by atoms with Crippen molar-refractivity contribution in [3.05, 3.63) is 123 Å². The molecule has 1 aliphatic rings. The zero-order valence-electron chi connectivity index (χ0n) is 25.1. The van der Waals surface area contributed by atoms with Gasteiger partial charge in [-0.2, -0.15) is 0 Å². The number of nitro groups is 1. The Labute approximate surface area is 252 Å². The van der Waals surface area contributed by atoms with Gasteiger partial charge in [0.05, 0.1) is 16.6 Å². The zero-order valence-corrected chi connectivity index (χ0v) is 25.1. The van der Waals surface area contributed by atoms with E-state index in [0.29, 0.717) is 30.1 Å². The van der Waals surface area contributed by atoms with E-state index in [4.69, 9.17) is 9.47 Å². The third-order valence-electron chi connectivity index (χ3n) is 7.29. The van der Waals surface area contributed by atoms with E-state index >= 15 is 0 Å². The van der Waals surface area contributed by atoms with E-state index in [9.17, 15) is 19.7 Å². The number of rotatable bonds is 11. The number of non-ortho nitro benzene ring substituents is 1. The highest BCUT2D eigenvalue weighted by Crippen LogP contribution is 2.42. The van der Waals surface area contributed by atoms with Crippen molar-refractivity contribution >= 4 is 23.3 Å². The van der Waals surface area contributed by atoms with Crippen LogP contribution in [0.3, 0.4) is 0 Å². The largest absolute Gasteiger partial charge is 0.462 e. The molecule has 0 amide bonds. The van der Waals surface area contributed by atoms with Crippen molar-refractivity contribution in [2.45, 2.75) is 52.4 Å². The van der Waals surface area contributed by atoms with Gasteiger partial charge in [0.1, 0.15) is 12.0 Å². The summed E-state index contributed by atoms with van der Waals surface area (Å²) in [5.41, 5.74) is 3.23. The van der Waals surface area contributed by atoms with Gasteiger partial charge in [-0.05, 0) is 51.4 Å². The third-order valence-corrected chi connectivity index (χ3v) is 7.29. The van der Waals surface area contributed by atoms with E-state index in [1.54, 1.807) is 39.8 Å². The topological polar surface area (TPSA) is 111 Å². The van der Waals surface area contributed by atoms with E-state index in [2.05, 4.69) is 9.89 Å². The van der Waals surface area contributed by atoms with Gasteiger partial charge in [0.25, 0.3) is 5.69 Å². The number of carbonyl (C=O) groups excluding carboxylic acids is 2. The van der Waals surface area contributed by atoms with Crippen LogP contribution < -0.4 is 0 Å². The Kier molecular flexibility index (Phi) is 10.2. The van der Waals surface area contributed by atoms with Gasteiger partial charge >= 0.3 is 11.9 Å². The minimum atomic E-state index is -0.966. The van der Waals surface area contributed by atoms with Crippen molar-refractivity contribution < 1.29 is 24.0 Å². The molecule has 0 saturated carbocycles. The SMILES string of the molecule is CC1=NC(C)=C(C(=O)OC(CN(C)Cc2ccccc2)c2ccccc2)C(c2cccc([N+](=O)[O-])c2)C1C(=O)OC(C)C. The standard InChI is InChI=1S/C34H37N3O6/c1-22(2)42-33(38)30-23(3)35-24(4)31(32(30)27-17-12-18-28(19-27)37(40)41)34(39)43-29(26-15-10-7-11-16-26)21-36(5)20-25-13-8-6-9-14-25/h6-19,22,29-30,32H,20-21H2,1-5H3. The van der Waals surface area contributed by atoms with Gasteiger partial charge in [0.15, 0.2) is 0 Å². The molecule has 1 heterocycles. The minimum absolute atomic E-state index is 0.149. The van der Waals surface area contributed by atoms with Gasteiger partial charge in [-0.3, -0.25) is 24.8 Å². The fourth-order valence-electron chi connectivity index (χ4n) is 5.42. The second-order valence-corrected chi connectivity index (χ2v) is 11.0. The predicted molar refractivity (Wildman–Crippen MR) is 164 cm³/mol. The van der Waals surface area contributed by atoms with Crippen LogP contribution in [-0.4, -0.2) is 47.2 Å². The molecule has 0 saturated heterocycles. The Balaban J connectivity index is 1.73. The number of nitrogens with zero attached hydrogens (tertiary/aromatic N) is 3. The highest BCUT2D eigenvalue weighted by Gasteiger charge is 2.43. The van der Waals surface area contributed by atoms with Gasteiger partial charge in [0, 0.05) is 42.5 Å². The summed E-state index contributed by atoms with van der Waals surface area (Å²) in [6.07, 6.45) is -1.04. The Morgan fingerprint density at radius 2 is 1.60 bits per heavy atom. The molecule has 0 radical (unpaired) electrons. The molecule has 9 heteroatoms. The van der Waals surface area contributed by atoms with Crippen molar-refractivity contribution in [1.29, 1.82) is 0 Å². The first-order chi connectivity index (χ1) is 20.5. The van der Waals surface area contributed by atoms with Crippen molar-refractivity contribution in [3.63, 3.8) is 0 Å². The summed E-state index contributed by atoms with van der Waals surface area (Å²) in [6, 6.07) is 25.4. The van der Waals surface area contributed by atoms with Crippen LogP contribution in [0.2, 0.25) is 0 Å². The number of hydrogen-bond donors (Lipinski definition) is 0. The number of carbonyl (C=O) groups is 2. The van der Waals surface area contributed by atoms with Crippen LogP contribution >= 0.6 is 0 Å². The average Bonchev–Trinajstić information content (AvgIpc) is 2.97.